The second-order valence-electron chi connectivity index (χ2n) is 5.66. The average molecular weight is 299 g/mol. The molecule has 2 fully saturated rings. The molecule has 20 heavy (non-hydrogen) atoms. The summed E-state index contributed by atoms with van der Waals surface area (Å²) in [6, 6.07) is 0.606. The first-order valence-corrected chi connectivity index (χ1v) is 8.68. The Kier molecular flexibility index (Phi) is 6.16. The van der Waals surface area contributed by atoms with Gasteiger partial charge in [-0.05, 0) is 19.3 Å². The van der Waals surface area contributed by atoms with Crippen molar-refractivity contribution >= 4 is 23.6 Å². The van der Waals surface area contributed by atoms with Gasteiger partial charge in [-0.15, -0.1) is 11.8 Å². The minimum atomic E-state index is -0.137. The van der Waals surface area contributed by atoms with E-state index in [1.165, 1.54) is 24.6 Å². The third-order valence-electron chi connectivity index (χ3n) is 3.85. The third kappa shape index (κ3) is 4.98. The molecule has 0 spiro atoms. The highest BCUT2D eigenvalue weighted by molar-refractivity contribution is 8.00. The Morgan fingerprint density at radius 1 is 1.40 bits per heavy atom. The Morgan fingerprint density at radius 2 is 2.15 bits per heavy atom. The Morgan fingerprint density at radius 3 is 2.85 bits per heavy atom. The van der Waals surface area contributed by atoms with E-state index < -0.39 is 0 Å². The lowest BCUT2D eigenvalue weighted by Gasteiger charge is -2.31. The molecule has 2 amide bonds. The fourth-order valence-electron chi connectivity index (χ4n) is 2.87. The lowest BCUT2D eigenvalue weighted by atomic mass is 10.1. The molecule has 1 saturated heterocycles. The van der Waals surface area contributed by atoms with E-state index in [-0.39, 0.29) is 23.4 Å². The summed E-state index contributed by atoms with van der Waals surface area (Å²) in [5.74, 6) is 0.555. The maximum absolute atomic E-state index is 11.9. The molecule has 1 saturated carbocycles. The molecule has 0 bridgehead atoms. The van der Waals surface area contributed by atoms with Crippen molar-refractivity contribution in [3.63, 3.8) is 0 Å². The number of carbonyl (C=O) groups is 2. The average Bonchev–Trinajstić information content (AvgIpc) is 2.89. The van der Waals surface area contributed by atoms with Gasteiger partial charge in [0.2, 0.25) is 11.8 Å². The van der Waals surface area contributed by atoms with Crippen LogP contribution in [0.4, 0.5) is 0 Å². The molecule has 2 rings (SSSR count). The molecule has 1 heterocycles. The van der Waals surface area contributed by atoms with Crippen LogP contribution >= 0.6 is 11.8 Å². The zero-order valence-corrected chi connectivity index (χ0v) is 12.9. The van der Waals surface area contributed by atoms with Crippen molar-refractivity contribution in [3.8, 4) is 0 Å². The summed E-state index contributed by atoms with van der Waals surface area (Å²) in [6.07, 6.45) is 7.25. The van der Waals surface area contributed by atoms with Crippen LogP contribution in [0.2, 0.25) is 0 Å². The molecule has 1 aliphatic carbocycles. The zero-order chi connectivity index (χ0) is 14.4. The Labute approximate surface area is 125 Å². The maximum Gasteiger partial charge on any atom is 0.230 e. The monoisotopic (exact) mass is 299 g/mol. The van der Waals surface area contributed by atoms with E-state index in [1.807, 2.05) is 0 Å². The van der Waals surface area contributed by atoms with E-state index in [2.05, 4.69) is 22.9 Å². The predicted octanol–water partition coefficient (Wildman–Crippen LogP) is 1.34. The van der Waals surface area contributed by atoms with E-state index in [9.17, 15) is 9.59 Å². The summed E-state index contributed by atoms with van der Waals surface area (Å²) >= 11 is 1.47. The van der Waals surface area contributed by atoms with Gasteiger partial charge in [0.05, 0.1) is 5.75 Å². The standard InChI is InChI=1S/C14H25N3O2S/c1-2-5-11-8-12(18)17-14(16-11)20-9-13(19)15-10-6-3-4-7-10/h10-11,14,16H,2-9H2,1H3,(H,15,19)(H,17,18). The number of thioether (sulfide) groups is 1. The number of rotatable bonds is 6. The van der Waals surface area contributed by atoms with Gasteiger partial charge in [0.25, 0.3) is 0 Å². The number of hydrogen-bond acceptors (Lipinski definition) is 4. The van der Waals surface area contributed by atoms with Gasteiger partial charge in [0, 0.05) is 18.5 Å². The molecular weight excluding hydrogens is 274 g/mol. The minimum absolute atomic E-state index is 0.0792. The SMILES string of the molecule is CCCC1CC(=O)NC(SCC(=O)NC2CCCC2)N1. The lowest BCUT2D eigenvalue weighted by Crippen LogP contribution is -2.55. The van der Waals surface area contributed by atoms with Crippen molar-refractivity contribution < 1.29 is 9.59 Å². The first-order valence-electron chi connectivity index (χ1n) is 7.63. The van der Waals surface area contributed by atoms with E-state index >= 15 is 0 Å². The van der Waals surface area contributed by atoms with Crippen LogP contribution in [0.1, 0.15) is 51.9 Å². The zero-order valence-electron chi connectivity index (χ0n) is 12.1. The normalized spacial score (nSPS) is 27.4. The van der Waals surface area contributed by atoms with E-state index in [0.29, 0.717) is 18.2 Å². The van der Waals surface area contributed by atoms with Crippen LogP contribution in [0.3, 0.4) is 0 Å². The van der Waals surface area contributed by atoms with Crippen molar-refractivity contribution in [1.82, 2.24) is 16.0 Å². The highest BCUT2D eigenvalue weighted by Gasteiger charge is 2.26. The number of carbonyl (C=O) groups excluding carboxylic acids is 2. The Bertz CT molecular complexity index is 345. The van der Waals surface area contributed by atoms with Crippen molar-refractivity contribution in [2.45, 2.75) is 69.5 Å². The molecule has 0 aromatic carbocycles. The fraction of sp³-hybridized carbons (Fsp3) is 0.857. The van der Waals surface area contributed by atoms with Crippen molar-refractivity contribution in [1.29, 1.82) is 0 Å². The quantitative estimate of drug-likeness (QED) is 0.692. The van der Waals surface area contributed by atoms with Gasteiger partial charge in [-0.2, -0.15) is 0 Å². The molecule has 2 atom stereocenters. The third-order valence-corrected chi connectivity index (χ3v) is 4.87. The van der Waals surface area contributed by atoms with Crippen molar-refractivity contribution in [3.05, 3.63) is 0 Å². The number of nitrogens with one attached hydrogen (secondary N) is 3. The van der Waals surface area contributed by atoms with Crippen LogP contribution in [0.25, 0.3) is 0 Å². The van der Waals surface area contributed by atoms with Gasteiger partial charge in [-0.3, -0.25) is 14.9 Å². The molecule has 0 radical (unpaired) electrons. The fourth-order valence-corrected chi connectivity index (χ4v) is 3.77. The van der Waals surface area contributed by atoms with Crippen LogP contribution in [-0.4, -0.2) is 35.1 Å². The maximum atomic E-state index is 11.9. The van der Waals surface area contributed by atoms with E-state index in [1.54, 1.807) is 0 Å². The van der Waals surface area contributed by atoms with Crippen molar-refractivity contribution in [2.75, 3.05) is 5.75 Å². The molecular formula is C14H25N3O2S. The highest BCUT2D eigenvalue weighted by Crippen LogP contribution is 2.18. The Hall–Kier alpha value is -0.750. The van der Waals surface area contributed by atoms with Crippen LogP contribution in [0.15, 0.2) is 0 Å². The minimum Gasteiger partial charge on any atom is -0.353 e. The van der Waals surface area contributed by atoms with Crippen LogP contribution in [-0.2, 0) is 9.59 Å². The Balaban J connectivity index is 1.69. The molecule has 0 aromatic heterocycles. The smallest absolute Gasteiger partial charge is 0.230 e. The molecule has 0 aromatic rings. The van der Waals surface area contributed by atoms with Gasteiger partial charge in [0.15, 0.2) is 0 Å². The number of hydrogen-bond donors (Lipinski definition) is 3. The first kappa shape index (κ1) is 15.6. The van der Waals surface area contributed by atoms with Gasteiger partial charge in [-0.25, -0.2) is 0 Å². The summed E-state index contributed by atoms with van der Waals surface area (Å²) in [7, 11) is 0. The summed E-state index contributed by atoms with van der Waals surface area (Å²) in [6.45, 7) is 2.12. The van der Waals surface area contributed by atoms with Crippen LogP contribution < -0.4 is 16.0 Å². The van der Waals surface area contributed by atoms with Gasteiger partial charge in [0.1, 0.15) is 5.50 Å². The second-order valence-corrected chi connectivity index (χ2v) is 6.76. The predicted molar refractivity (Wildman–Crippen MR) is 81.2 cm³/mol. The van der Waals surface area contributed by atoms with Gasteiger partial charge in [-0.1, -0.05) is 26.2 Å². The largest absolute Gasteiger partial charge is 0.353 e. The molecule has 1 aliphatic heterocycles. The summed E-state index contributed by atoms with van der Waals surface area (Å²) in [4.78, 5) is 23.5. The molecule has 6 heteroatoms. The molecule has 2 aliphatic rings. The topological polar surface area (TPSA) is 70.2 Å². The second kappa shape index (κ2) is 7.88. The summed E-state index contributed by atoms with van der Waals surface area (Å²) < 4.78 is 0. The highest BCUT2D eigenvalue weighted by atomic mass is 32.2. The summed E-state index contributed by atoms with van der Waals surface area (Å²) in [5.41, 5.74) is -0.137. The molecule has 3 N–H and O–H groups in total. The van der Waals surface area contributed by atoms with Crippen LogP contribution in [0, 0.1) is 0 Å². The molecule has 2 unspecified atom stereocenters. The molecule has 114 valence electrons. The van der Waals surface area contributed by atoms with Crippen molar-refractivity contribution in [2.24, 2.45) is 0 Å². The van der Waals surface area contributed by atoms with E-state index in [4.69, 9.17) is 0 Å². The van der Waals surface area contributed by atoms with Gasteiger partial charge < -0.3 is 10.6 Å². The van der Waals surface area contributed by atoms with Crippen LogP contribution in [0.5, 0.6) is 0 Å². The summed E-state index contributed by atoms with van der Waals surface area (Å²) in [5, 5.41) is 9.34. The number of amides is 2. The van der Waals surface area contributed by atoms with E-state index in [0.717, 1.165) is 25.7 Å². The molecule has 5 nitrogen and oxygen atoms in total. The first-order chi connectivity index (χ1) is 9.67. The van der Waals surface area contributed by atoms with Gasteiger partial charge >= 0.3 is 0 Å². The lowest BCUT2D eigenvalue weighted by molar-refractivity contribution is -0.123.